The van der Waals surface area contributed by atoms with Gasteiger partial charge in [0, 0.05) is 43.4 Å². The molecule has 0 aliphatic carbocycles. The largest absolute Gasteiger partial charge is 0.463 e. The second-order valence-corrected chi connectivity index (χ2v) is 7.45. The number of hydrogen-bond donors (Lipinski definition) is 0. The van der Waals surface area contributed by atoms with Crippen LogP contribution < -0.4 is 0 Å². The van der Waals surface area contributed by atoms with Crippen molar-refractivity contribution in [2.45, 2.75) is 45.3 Å². The van der Waals surface area contributed by atoms with E-state index in [4.69, 9.17) is 30.5 Å². The Morgan fingerprint density at radius 3 is 2.41 bits per heavy atom. The lowest BCUT2D eigenvalue weighted by atomic mass is 10.1. The zero-order valence-corrected chi connectivity index (χ0v) is 18.4. The minimum absolute atomic E-state index is 0.146. The lowest BCUT2D eigenvalue weighted by Crippen LogP contribution is -2.40. The Labute approximate surface area is 183 Å². The number of aromatic nitrogens is 4. The second kappa shape index (κ2) is 8.75. The van der Waals surface area contributed by atoms with Crippen molar-refractivity contribution in [3.05, 3.63) is 15.3 Å². The van der Waals surface area contributed by atoms with Crippen molar-refractivity contribution >= 4 is 63.3 Å². The molecule has 11 nitrogen and oxygen atoms in total. The van der Waals surface area contributed by atoms with Crippen LogP contribution in [0.5, 0.6) is 0 Å². The SMILES string of the molecule is CC(=O)OC[C@H]1O[C@@H](n2cnc3c(Cl)nc(I)nc32)[C@@H](OC(C)=O)C1OC(C)=O. The smallest absolute Gasteiger partial charge is 0.303 e. The molecule has 3 rings (SSSR count). The molecule has 0 aromatic carbocycles. The monoisotopic (exact) mass is 538 g/mol. The van der Waals surface area contributed by atoms with Crippen molar-refractivity contribution in [3.63, 3.8) is 0 Å². The van der Waals surface area contributed by atoms with Crippen LogP contribution in [0.15, 0.2) is 6.33 Å². The van der Waals surface area contributed by atoms with E-state index in [2.05, 4.69) is 15.0 Å². The van der Waals surface area contributed by atoms with Gasteiger partial charge < -0.3 is 18.9 Å². The van der Waals surface area contributed by atoms with Crippen molar-refractivity contribution in [3.8, 4) is 0 Å². The molecule has 3 heterocycles. The van der Waals surface area contributed by atoms with Gasteiger partial charge in [0.1, 0.15) is 18.2 Å². The first-order chi connectivity index (χ1) is 13.7. The molecular formula is C16H16ClIN4O7. The molecule has 1 aliphatic rings. The van der Waals surface area contributed by atoms with E-state index >= 15 is 0 Å². The third kappa shape index (κ3) is 4.75. The van der Waals surface area contributed by atoms with E-state index in [0.717, 1.165) is 0 Å². The number of esters is 3. The van der Waals surface area contributed by atoms with Gasteiger partial charge in [-0.05, 0) is 0 Å². The number of nitrogens with zero attached hydrogens (tertiary/aromatic N) is 4. The molecule has 0 bridgehead atoms. The molecule has 156 valence electrons. The van der Waals surface area contributed by atoms with Crippen LogP contribution in [0.3, 0.4) is 0 Å². The highest BCUT2D eigenvalue weighted by atomic mass is 127. The maximum atomic E-state index is 11.7. The Kier molecular flexibility index (Phi) is 6.53. The second-order valence-electron chi connectivity index (χ2n) is 6.12. The van der Waals surface area contributed by atoms with E-state index in [-0.39, 0.29) is 11.8 Å². The number of carbonyl (C=O) groups is 3. The summed E-state index contributed by atoms with van der Waals surface area (Å²) in [5.74, 6) is -1.76. The first-order valence-corrected chi connectivity index (χ1v) is 9.82. The molecule has 1 unspecified atom stereocenters. The molecule has 4 atom stereocenters. The Morgan fingerprint density at radius 2 is 1.79 bits per heavy atom. The molecule has 13 heteroatoms. The van der Waals surface area contributed by atoms with Crippen LogP contribution in [0.25, 0.3) is 11.2 Å². The summed E-state index contributed by atoms with van der Waals surface area (Å²) >= 11 is 8.03. The average Bonchev–Trinajstić information content (AvgIpc) is 3.15. The Hall–Kier alpha value is -2.06. The quantitative estimate of drug-likeness (QED) is 0.181. The maximum Gasteiger partial charge on any atom is 0.303 e. The number of rotatable bonds is 5. The van der Waals surface area contributed by atoms with Crippen molar-refractivity contribution < 1.29 is 33.3 Å². The van der Waals surface area contributed by atoms with E-state index in [1.165, 1.54) is 31.7 Å². The third-order valence-corrected chi connectivity index (χ3v) is 4.71. The standard InChI is InChI=1S/C16H16ClIN4O7/c1-6(23)26-4-9-11(27-7(2)24)12(28-8(3)25)15(29-9)22-5-19-10-13(17)20-16(18)21-14(10)22/h5,9,11-12,15H,4H2,1-3H3/t9-,11?,12+,15-/m1/s1. The van der Waals surface area contributed by atoms with Gasteiger partial charge in [0.25, 0.3) is 0 Å². The van der Waals surface area contributed by atoms with Gasteiger partial charge in [0.15, 0.2) is 33.1 Å². The minimum atomic E-state index is -1.04. The molecule has 1 saturated heterocycles. The normalized spacial score (nSPS) is 23.8. The summed E-state index contributed by atoms with van der Waals surface area (Å²) in [6.45, 7) is 3.46. The summed E-state index contributed by atoms with van der Waals surface area (Å²) in [4.78, 5) is 47.1. The van der Waals surface area contributed by atoms with E-state index in [1.54, 1.807) is 0 Å². The summed E-state index contributed by atoms with van der Waals surface area (Å²) in [5.41, 5.74) is 0.663. The molecule has 0 radical (unpaired) electrons. The van der Waals surface area contributed by atoms with Crippen LogP contribution in [0, 0.1) is 3.83 Å². The fourth-order valence-corrected chi connectivity index (χ4v) is 3.79. The first kappa shape index (κ1) is 21.6. The Balaban J connectivity index is 2.04. The van der Waals surface area contributed by atoms with Crippen LogP contribution in [-0.4, -0.2) is 62.3 Å². The zero-order chi connectivity index (χ0) is 21.3. The van der Waals surface area contributed by atoms with Crippen LogP contribution >= 0.6 is 34.2 Å². The Bertz CT molecular complexity index is 968. The van der Waals surface area contributed by atoms with Crippen molar-refractivity contribution in [1.29, 1.82) is 0 Å². The van der Waals surface area contributed by atoms with Gasteiger partial charge in [-0.15, -0.1) is 0 Å². The highest BCUT2D eigenvalue weighted by Gasteiger charge is 2.51. The molecule has 0 N–H and O–H groups in total. The number of imidazole rings is 1. The number of ether oxygens (including phenoxy) is 4. The summed E-state index contributed by atoms with van der Waals surface area (Å²) in [6.07, 6.45) is -2.50. The van der Waals surface area contributed by atoms with Gasteiger partial charge in [-0.2, -0.15) is 0 Å². The predicted octanol–water partition coefficient (Wildman–Crippen LogP) is 1.41. The number of hydrogen-bond acceptors (Lipinski definition) is 10. The van der Waals surface area contributed by atoms with Gasteiger partial charge in [-0.1, -0.05) is 11.6 Å². The molecule has 0 saturated carbocycles. The van der Waals surface area contributed by atoms with E-state index in [9.17, 15) is 14.4 Å². The van der Waals surface area contributed by atoms with E-state index < -0.39 is 42.4 Å². The van der Waals surface area contributed by atoms with Crippen LogP contribution in [0.1, 0.15) is 27.0 Å². The average molecular weight is 539 g/mol. The lowest BCUT2D eigenvalue weighted by molar-refractivity contribution is -0.166. The highest BCUT2D eigenvalue weighted by Crippen LogP contribution is 2.36. The summed E-state index contributed by atoms with van der Waals surface area (Å²) in [6, 6.07) is 0. The van der Waals surface area contributed by atoms with Crippen LogP contribution in [0.4, 0.5) is 0 Å². The Morgan fingerprint density at radius 1 is 1.14 bits per heavy atom. The van der Waals surface area contributed by atoms with Gasteiger partial charge in [-0.25, -0.2) is 15.0 Å². The molecule has 0 amide bonds. The summed E-state index contributed by atoms with van der Waals surface area (Å²) in [7, 11) is 0. The molecule has 29 heavy (non-hydrogen) atoms. The maximum absolute atomic E-state index is 11.7. The molecule has 2 aromatic rings. The fraction of sp³-hybridized carbons (Fsp3) is 0.500. The summed E-state index contributed by atoms with van der Waals surface area (Å²) in [5, 5.41) is 0.146. The minimum Gasteiger partial charge on any atom is -0.463 e. The van der Waals surface area contributed by atoms with Crippen LogP contribution in [-0.2, 0) is 33.3 Å². The third-order valence-electron chi connectivity index (χ3n) is 3.97. The molecule has 1 fully saturated rings. The van der Waals surface area contributed by atoms with Crippen molar-refractivity contribution in [2.75, 3.05) is 6.61 Å². The van der Waals surface area contributed by atoms with Gasteiger partial charge in [0.2, 0.25) is 0 Å². The number of fused-ring (bicyclic) bond motifs is 1. The lowest BCUT2D eigenvalue weighted by Gasteiger charge is -2.23. The molecule has 0 spiro atoms. The van der Waals surface area contributed by atoms with Crippen molar-refractivity contribution in [1.82, 2.24) is 19.5 Å². The molecular weight excluding hydrogens is 523 g/mol. The zero-order valence-electron chi connectivity index (χ0n) is 15.5. The van der Waals surface area contributed by atoms with Gasteiger partial charge >= 0.3 is 17.9 Å². The summed E-state index contributed by atoms with van der Waals surface area (Å²) < 4.78 is 23.6. The highest BCUT2D eigenvalue weighted by molar-refractivity contribution is 14.1. The van der Waals surface area contributed by atoms with E-state index in [0.29, 0.717) is 15.0 Å². The fourth-order valence-electron chi connectivity index (χ4n) is 2.96. The first-order valence-electron chi connectivity index (χ1n) is 8.36. The predicted molar refractivity (Wildman–Crippen MR) is 105 cm³/mol. The van der Waals surface area contributed by atoms with Crippen LogP contribution in [0.2, 0.25) is 5.15 Å². The van der Waals surface area contributed by atoms with E-state index in [1.807, 2.05) is 22.6 Å². The van der Waals surface area contributed by atoms with Gasteiger partial charge in [-0.3, -0.25) is 19.0 Å². The number of carbonyl (C=O) groups excluding carboxylic acids is 3. The van der Waals surface area contributed by atoms with Crippen molar-refractivity contribution in [2.24, 2.45) is 0 Å². The molecule has 1 aliphatic heterocycles. The van der Waals surface area contributed by atoms with Gasteiger partial charge in [0.05, 0.1) is 6.33 Å². The topological polar surface area (TPSA) is 132 Å². The molecule has 2 aromatic heterocycles. The number of halogens is 2.